The molecule has 19 heavy (non-hydrogen) atoms. The van der Waals surface area contributed by atoms with E-state index in [9.17, 15) is 4.79 Å². The van der Waals surface area contributed by atoms with Crippen LogP contribution in [-0.2, 0) is 6.54 Å². The lowest BCUT2D eigenvalue weighted by Crippen LogP contribution is -2.22. The monoisotopic (exact) mass is 251 g/mol. The Morgan fingerprint density at radius 2 is 2.16 bits per heavy atom. The van der Waals surface area contributed by atoms with Crippen LogP contribution in [0.5, 0.6) is 0 Å². The van der Waals surface area contributed by atoms with Gasteiger partial charge in [-0.3, -0.25) is 9.78 Å². The highest BCUT2D eigenvalue weighted by molar-refractivity contribution is 5.92. The summed E-state index contributed by atoms with van der Waals surface area (Å²) >= 11 is 0. The first-order valence-corrected chi connectivity index (χ1v) is 6.08. The lowest BCUT2D eigenvalue weighted by atomic mass is 10.1. The number of hydrogen-bond donors (Lipinski definition) is 2. The minimum absolute atomic E-state index is 0.101. The molecule has 0 unspecified atom stereocenters. The van der Waals surface area contributed by atoms with E-state index in [4.69, 9.17) is 0 Å². The summed E-state index contributed by atoms with van der Waals surface area (Å²) < 4.78 is 0. The summed E-state index contributed by atoms with van der Waals surface area (Å²) in [6.07, 6.45) is 3.51. The number of rotatable bonds is 3. The molecule has 0 aliphatic rings. The van der Waals surface area contributed by atoms with Crippen molar-refractivity contribution in [1.29, 1.82) is 0 Å². The van der Waals surface area contributed by atoms with Crippen LogP contribution in [0.4, 0.5) is 0 Å². The zero-order valence-electron chi connectivity index (χ0n) is 10.3. The Balaban J connectivity index is 1.73. The lowest BCUT2D eigenvalue weighted by molar-refractivity contribution is 0.0946. The largest absolute Gasteiger partial charge is 0.357 e. The van der Waals surface area contributed by atoms with E-state index in [0.717, 1.165) is 16.5 Å². The quantitative estimate of drug-likeness (QED) is 0.751. The van der Waals surface area contributed by atoms with Gasteiger partial charge in [0.05, 0.1) is 5.52 Å². The summed E-state index contributed by atoms with van der Waals surface area (Å²) in [5.41, 5.74) is 2.59. The van der Waals surface area contributed by atoms with E-state index in [0.29, 0.717) is 12.2 Å². The zero-order chi connectivity index (χ0) is 13.1. The molecule has 2 aromatic heterocycles. The topological polar surface area (TPSA) is 57.8 Å². The molecule has 0 aliphatic carbocycles. The van der Waals surface area contributed by atoms with E-state index in [2.05, 4.69) is 15.3 Å². The third-order valence-corrected chi connectivity index (χ3v) is 2.96. The van der Waals surface area contributed by atoms with Crippen LogP contribution in [0.3, 0.4) is 0 Å². The number of pyridine rings is 1. The van der Waals surface area contributed by atoms with Crippen LogP contribution >= 0.6 is 0 Å². The first kappa shape index (κ1) is 11.5. The van der Waals surface area contributed by atoms with Gasteiger partial charge in [0.15, 0.2) is 0 Å². The Morgan fingerprint density at radius 3 is 3.00 bits per heavy atom. The molecule has 0 saturated carbocycles. The van der Waals surface area contributed by atoms with E-state index >= 15 is 0 Å². The normalized spacial score (nSPS) is 10.5. The molecular formula is C15H13N3O. The average Bonchev–Trinajstić information content (AvgIpc) is 2.99. The second kappa shape index (κ2) is 4.94. The molecule has 94 valence electrons. The zero-order valence-corrected chi connectivity index (χ0v) is 10.3. The number of fused-ring (bicyclic) bond motifs is 1. The van der Waals surface area contributed by atoms with E-state index in [1.165, 1.54) is 0 Å². The number of amides is 1. The molecule has 0 atom stereocenters. The van der Waals surface area contributed by atoms with Crippen molar-refractivity contribution in [1.82, 2.24) is 15.3 Å². The van der Waals surface area contributed by atoms with Gasteiger partial charge < -0.3 is 10.3 Å². The van der Waals surface area contributed by atoms with Crippen LogP contribution in [0, 0.1) is 0 Å². The number of aromatic amines is 1. The highest BCUT2D eigenvalue weighted by Gasteiger charge is 2.05. The number of aromatic nitrogens is 2. The molecule has 4 nitrogen and oxygen atoms in total. The van der Waals surface area contributed by atoms with Crippen LogP contribution in [0.1, 0.15) is 16.1 Å². The molecule has 3 rings (SSSR count). The van der Waals surface area contributed by atoms with Gasteiger partial charge in [-0.05, 0) is 35.9 Å². The van der Waals surface area contributed by atoms with Crippen molar-refractivity contribution in [2.75, 3.05) is 0 Å². The van der Waals surface area contributed by atoms with Crippen molar-refractivity contribution in [2.24, 2.45) is 0 Å². The molecule has 0 aliphatic heterocycles. The molecule has 4 heteroatoms. The Labute approximate surface area is 110 Å². The summed E-state index contributed by atoms with van der Waals surface area (Å²) in [6.45, 7) is 0.503. The fourth-order valence-corrected chi connectivity index (χ4v) is 1.98. The number of benzene rings is 1. The Bertz CT molecular complexity index is 704. The maximum atomic E-state index is 11.8. The Morgan fingerprint density at radius 1 is 1.21 bits per heavy atom. The average molecular weight is 251 g/mol. The van der Waals surface area contributed by atoms with Crippen molar-refractivity contribution >= 4 is 16.8 Å². The van der Waals surface area contributed by atoms with Gasteiger partial charge in [-0.15, -0.1) is 0 Å². The number of nitrogens with one attached hydrogen (secondary N) is 2. The fourth-order valence-electron chi connectivity index (χ4n) is 1.98. The molecule has 0 radical (unpaired) electrons. The minimum atomic E-state index is -0.101. The molecule has 0 saturated heterocycles. The molecule has 1 aromatic carbocycles. The van der Waals surface area contributed by atoms with Crippen LogP contribution < -0.4 is 5.32 Å². The standard InChI is InChI=1S/C15H13N3O/c19-15(14-4-2-8-17-14)18-10-11-5-6-13-12(9-11)3-1-7-16-13/h1-9,17H,10H2,(H,18,19). The predicted octanol–water partition coefficient (Wildman–Crippen LogP) is 2.49. The minimum Gasteiger partial charge on any atom is -0.357 e. The van der Waals surface area contributed by atoms with Gasteiger partial charge in [0.1, 0.15) is 5.69 Å². The number of carbonyl (C=O) groups excluding carboxylic acids is 1. The van der Waals surface area contributed by atoms with Crippen molar-refractivity contribution in [3.05, 3.63) is 66.1 Å². The Kier molecular flexibility index (Phi) is 2.98. The predicted molar refractivity (Wildman–Crippen MR) is 73.7 cm³/mol. The second-order valence-corrected chi connectivity index (χ2v) is 4.30. The van der Waals surface area contributed by atoms with E-state index in [1.54, 1.807) is 24.5 Å². The number of H-pyrrole nitrogens is 1. The highest BCUT2D eigenvalue weighted by atomic mass is 16.1. The fraction of sp³-hybridized carbons (Fsp3) is 0.0667. The van der Waals surface area contributed by atoms with Gasteiger partial charge in [-0.2, -0.15) is 0 Å². The maximum absolute atomic E-state index is 11.8. The number of hydrogen-bond acceptors (Lipinski definition) is 2. The van der Waals surface area contributed by atoms with Crippen molar-refractivity contribution in [3.8, 4) is 0 Å². The summed E-state index contributed by atoms with van der Waals surface area (Å²) in [5.74, 6) is -0.101. The van der Waals surface area contributed by atoms with Gasteiger partial charge in [0.25, 0.3) is 5.91 Å². The van der Waals surface area contributed by atoms with E-state index < -0.39 is 0 Å². The van der Waals surface area contributed by atoms with Crippen LogP contribution in [0.25, 0.3) is 10.9 Å². The second-order valence-electron chi connectivity index (χ2n) is 4.30. The number of carbonyl (C=O) groups is 1. The van der Waals surface area contributed by atoms with Crippen molar-refractivity contribution in [3.63, 3.8) is 0 Å². The third kappa shape index (κ3) is 2.47. The molecule has 0 fully saturated rings. The van der Waals surface area contributed by atoms with E-state index in [-0.39, 0.29) is 5.91 Å². The summed E-state index contributed by atoms with van der Waals surface area (Å²) in [7, 11) is 0. The molecule has 0 bridgehead atoms. The van der Waals surface area contributed by atoms with Gasteiger partial charge in [-0.25, -0.2) is 0 Å². The van der Waals surface area contributed by atoms with Crippen molar-refractivity contribution < 1.29 is 4.79 Å². The summed E-state index contributed by atoms with van der Waals surface area (Å²) in [4.78, 5) is 18.9. The Hall–Kier alpha value is -2.62. The smallest absolute Gasteiger partial charge is 0.267 e. The third-order valence-electron chi connectivity index (χ3n) is 2.96. The van der Waals surface area contributed by atoms with Crippen LogP contribution in [-0.4, -0.2) is 15.9 Å². The molecule has 2 N–H and O–H groups in total. The molecule has 1 amide bonds. The molecule has 2 heterocycles. The highest BCUT2D eigenvalue weighted by Crippen LogP contribution is 2.13. The number of nitrogens with zero attached hydrogens (tertiary/aromatic N) is 1. The van der Waals surface area contributed by atoms with Gasteiger partial charge in [-0.1, -0.05) is 12.1 Å². The van der Waals surface area contributed by atoms with Gasteiger partial charge in [0.2, 0.25) is 0 Å². The molecule has 3 aromatic rings. The van der Waals surface area contributed by atoms with Gasteiger partial charge >= 0.3 is 0 Å². The molecule has 0 spiro atoms. The maximum Gasteiger partial charge on any atom is 0.267 e. The summed E-state index contributed by atoms with van der Waals surface area (Å²) in [6, 6.07) is 13.5. The van der Waals surface area contributed by atoms with Crippen LogP contribution in [0.15, 0.2) is 54.9 Å². The first-order chi connectivity index (χ1) is 9.33. The first-order valence-electron chi connectivity index (χ1n) is 6.08. The van der Waals surface area contributed by atoms with Gasteiger partial charge in [0, 0.05) is 24.3 Å². The molecular weight excluding hydrogens is 238 g/mol. The lowest BCUT2D eigenvalue weighted by Gasteiger charge is -2.05. The SMILES string of the molecule is O=C(NCc1ccc2ncccc2c1)c1ccc[nH]1. The summed E-state index contributed by atoms with van der Waals surface area (Å²) in [5, 5.41) is 3.95. The van der Waals surface area contributed by atoms with Crippen molar-refractivity contribution in [2.45, 2.75) is 6.54 Å². The van der Waals surface area contributed by atoms with Crippen LogP contribution in [0.2, 0.25) is 0 Å². The van der Waals surface area contributed by atoms with E-state index in [1.807, 2.05) is 30.3 Å².